The van der Waals surface area contributed by atoms with Crippen molar-refractivity contribution in [3.8, 4) is 11.1 Å². The largest absolute Gasteiger partial charge is 0.387 e. The number of hydrogen-bond donors (Lipinski definition) is 1. The molecule has 1 N–H and O–H groups in total. The Bertz CT molecular complexity index is 1690. The number of hydrogen-bond acceptors (Lipinski definition) is 5. The number of anilines is 2. The van der Waals surface area contributed by atoms with Crippen LogP contribution in [0.4, 0.5) is 11.4 Å². The molecule has 4 aromatic rings. The molecule has 7 nitrogen and oxygen atoms in total. The average Bonchev–Trinajstić information content (AvgIpc) is 3.55. The number of alkyl halides is 2. The minimum atomic E-state index is -1.17. The second-order valence-electron chi connectivity index (χ2n) is 10.6. The lowest BCUT2D eigenvalue weighted by Gasteiger charge is -2.37. The van der Waals surface area contributed by atoms with Crippen LogP contribution in [0.1, 0.15) is 34.0 Å². The van der Waals surface area contributed by atoms with Crippen molar-refractivity contribution in [2.45, 2.75) is 17.4 Å². The summed E-state index contributed by atoms with van der Waals surface area (Å²) in [4.78, 5) is 34.1. The molecule has 2 amide bonds. The van der Waals surface area contributed by atoms with Gasteiger partial charge in [0.25, 0.3) is 11.8 Å². The van der Waals surface area contributed by atoms with Crippen LogP contribution in [0.3, 0.4) is 0 Å². The van der Waals surface area contributed by atoms with E-state index in [1.807, 2.05) is 83.8 Å². The third-order valence-electron chi connectivity index (χ3n) is 7.82. The van der Waals surface area contributed by atoms with Gasteiger partial charge < -0.3 is 20.0 Å². The molecule has 0 spiro atoms. The maximum atomic E-state index is 13.3. The molecule has 0 radical (unpaired) electrons. The van der Waals surface area contributed by atoms with Crippen LogP contribution in [-0.4, -0.2) is 53.4 Å². The summed E-state index contributed by atoms with van der Waals surface area (Å²) in [6.07, 6.45) is 0.149. The van der Waals surface area contributed by atoms with Crippen molar-refractivity contribution in [3.05, 3.63) is 119 Å². The summed E-state index contributed by atoms with van der Waals surface area (Å²) in [6.45, 7) is 2.48. The van der Waals surface area contributed by atoms with Gasteiger partial charge in [-0.05, 0) is 53.1 Å². The van der Waals surface area contributed by atoms with Gasteiger partial charge in [-0.3, -0.25) is 9.59 Å². The van der Waals surface area contributed by atoms with Crippen molar-refractivity contribution in [1.82, 2.24) is 4.90 Å². The molecule has 0 aromatic heterocycles. The fraction of sp³-hybridized carbons (Fsp3) is 0.206. The molecule has 1 fully saturated rings. The highest BCUT2D eigenvalue weighted by Gasteiger charge is 2.30. The number of halogens is 3. The third-order valence-corrected chi connectivity index (χ3v) is 8.53. The molecular formula is C34H29Cl3N4O3. The van der Waals surface area contributed by atoms with Crippen LogP contribution in [0.5, 0.6) is 0 Å². The predicted molar refractivity (Wildman–Crippen MR) is 177 cm³/mol. The lowest BCUT2D eigenvalue weighted by atomic mass is 9.98. The van der Waals surface area contributed by atoms with Crippen LogP contribution in [0, 0.1) is 0 Å². The summed E-state index contributed by atoms with van der Waals surface area (Å²) < 4.78 is 0. The second-order valence-corrected chi connectivity index (χ2v) is 12.1. The van der Waals surface area contributed by atoms with Gasteiger partial charge in [0.1, 0.15) is 0 Å². The maximum Gasteiger partial charge on any atom is 0.257 e. The number of rotatable bonds is 7. The SMILES string of the molecule is O=C(Nc1cccc(C2CC(c3c(Cl)cccc3N3CCN(C(=O)c4ccc(-c5ccccc5)cc4)CC3)=NO2)c1)C(Cl)Cl. The van der Waals surface area contributed by atoms with Gasteiger partial charge >= 0.3 is 0 Å². The standard InChI is InChI=1S/C34H29Cl3N4O3/c35-27-10-5-11-29(31(27)28-21-30(44-39-28)25-8-4-9-26(20-25)38-33(42)32(36)37)40-16-18-41(19-17-40)34(43)24-14-12-23(13-15-24)22-6-2-1-3-7-22/h1-15,20,30,32H,16-19,21H2,(H,38,42). The average molecular weight is 648 g/mol. The molecule has 0 bridgehead atoms. The van der Waals surface area contributed by atoms with Crippen molar-refractivity contribution in [1.29, 1.82) is 0 Å². The fourth-order valence-electron chi connectivity index (χ4n) is 5.55. The third kappa shape index (κ3) is 6.55. The zero-order valence-corrected chi connectivity index (χ0v) is 25.9. The highest BCUT2D eigenvalue weighted by molar-refractivity contribution is 6.54. The van der Waals surface area contributed by atoms with Crippen LogP contribution >= 0.6 is 34.8 Å². The molecule has 1 unspecified atom stereocenters. The Kier molecular flexibility index (Phi) is 9.07. The minimum Gasteiger partial charge on any atom is -0.387 e. The number of nitrogens with zero attached hydrogens (tertiary/aromatic N) is 3. The molecule has 2 aliphatic heterocycles. The van der Waals surface area contributed by atoms with E-state index in [1.165, 1.54) is 0 Å². The van der Waals surface area contributed by atoms with Crippen LogP contribution in [0.25, 0.3) is 11.1 Å². The molecule has 1 saturated heterocycles. The van der Waals surface area contributed by atoms with Gasteiger partial charge in [-0.1, -0.05) is 101 Å². The Morgan fingerprint density at radius 2 is 1.55 bits per heavy atom. The van der Waals surface area contributed by atoms with Crippen molar-refractivity contribution in [3.63, 3.8) is 0 Å². The number of oxime groups is 1. The lowest BCUT2D eigenvalue weighted by molar-refractivity contribution is -0.114. The van der Waals surface area contributed by atoms with Gasteiger partial charge in [0.05, 0.1) is 10.7 Å². The summed E-state index contributed by atoms with van der Waals surface area (Å²) in [5.41, 5.74) is 6.81. The number of carbonyl (C=O) groups is 2. The van der Waals surface area contributed by atoms with Crippen molar-refractivity contribution >= 4 is 63.7 Å². The molecule has 44 heavy (non-hydrogen) atoms. The van der Waals surface area contributed by atoms with Crippen LogP contribution < -0.4 is 10.2 Å². The highest BCUT2D eigenvalue weighted by atomic mass is 35.5. The minimum absolute atomic E-state index is 0.0259. The number of amides is 2. The zero-order valence-electron chi connectivity index (χ0n) is 23.6. The van der Waals surface area contributed by atoms with E-state index in [9.17, 15) is 9.59 Å². The van der Waals surface area contributed by atoms with E-state index in [-0.39, 0.29) is 12.0 Å². The molecule has 2 heterocycles. The van der Waals surface area contributed by atoms with Crippen molar-refractivity contribution in [2.75, 3.05) is 36.4 Å². The molecule has 1 atom stereocenters. The summed E-state index contributed by atoms with van der Waals surface area (Å²) in [5.74, 6) is -0.476. The van der Waals surface area contributed by atoms with Crippen LogP contribution in [0.2, 0.25) is 5.02 Å². The first-order valence-electron chi connectivity index (χ1n) is 14.3. The Balaban J connectivity index is 1.11. The summed E-state index contributed by atoms with van der Waals surface area (Å²) in [7, 11) is 0. The Labute approximate surface area is 271 Å². The van der Waals surface area contributed by atoms with Gasteiger partial charge in [-0.15, -0.1) is 0 Å². The van der Waals surface area contributed by atoms with Crippen molar-refractivity contribution in [2.24, 2.45) is 5.16 Å². The highest BCUT2D eigenvalue weighted by Crippen LogP contribution is 2.37. The first kappa shape index (κ1) is 30.0. The Hall–Kier alpha value is -4.04. The first-order valence-corrected chi connectivity index (χ1v) is 15.5. The maximum absolute atomic E-state index is 13.3. The molecule has 4 aromatic carbocycles. The molecule has 224 valence electrons. The Morgan fingerprint density at radius 1 is 0.841 bits per heavy atom. The fourth-order valence-corrected chi connectivity index (χ4v) is 5.94. The Morgan fingerprint density at radius 3 is 2.27 bits per heavy atom. The molecule has 0 saturated carbocycles. The number of carbonyl (C=O) groups excluding carboxylic acids is 2. The van der Waals surface area contributed by atoms with E-state index >= 15 is 0 Å². The normalized spacial score (nSPS) is 16.5. The molecule has 10 heteroatoms. The van der Waals surface area contributed by atoms with E-state index in [1.54, 1.807) is 6.07 Å². The van der Waals surface area contributed by atoms with Crippen molar-refractivity contribution < 1.29 is 14.4 Å². The van der Waals surface area contributed by atoms with Gasteiger partial charge in [0.2, 0.25) is 0 Å². The van der Waals surface area contributed by atoms with Crippen LogP contribution in [0.15, 0.2) is 102 Å². The van der Waals surface area contributed by atoms with Crippen LogP contribution in [-0.2, 0) is 9.63 Å². The number of nitrogens with one attached hydrogen (secondary N) is 1. The van der Waals surface area contributed by atoms with E-state index in [0.717, 1.165) is 33.7 Å². The molecule has 2 aliphatic rings. The molecule has 0 aliphatic carbocycles. The predicted octanol–water partition coefficient (Wildman–Crippen LogP) is 7.58. The van der Waals surface area contributed by atoms with E-state index in [4.69, 9.17) is 39.6 Å². The summed E-state index contributed by atoms with van der Waals surface area (Å²) >= 11 is 18.1. The van der Waals surface area contributed by atoms with Gasteiger partial charge in [-0.25, -0.2) is 0 Å². The second kappa shape index (κ2) is 13.3. The van der Waals surface area contributed by atoms with E-state index in [0.29, 0.717) is 48.9 Å². The molecule has 6 rings (SSSR count). The summed E-state index contributed by atoms with van der Waals surface area (Å²) in [5, 5.41) is 7.69. The topological polar surface area (TPSA) is 74.2 Å². The first-order chi connectivity index (χ1) is 21.4. The summed E-state index contributed by atoms with van der Waals surface area (Å²) in [6, 6.07) is 31.0. The van der Waals surface area contributed by atoms with Gasteiger partial charge in [-0.2, -0.15) is 0 Å². The zero-order chi connectivity index (χ0) is 30.6. The van der Waals surface area contributed by atoms with Gasteiger partial charge in [0, 0.05) is 55.1 Å². The lowest BCUT2D eigenvalue weighted by Crippen LogP contribution is -2.49. The van der Waals surface area contributed by atoms with E-state index in [2.05, 4.69) is 27.5 Å². The number of piperazine rings is 1. The smallest absolute Gasteiger partial charge is 0.257 e. The quantitative estimate of drug-likeness (QED) is 0.210. The van der Waals surface area contributed by atoms with Gasteiger partial charge in [0.15, 0.2) is 10.9 Å². The van der Waals surface area contributed by atoms with E-state index < -0.39 is 10.7 Å². The molecular weight excluding hydrogens is 619 g/mol. The number of benzene rings is 4. The monoisotopic (exact) mass is 646 g/mol.